The van der Waals surface area contributed by atoms with E-state index in [9.17, 15) is 4.79 Å². The van der Waals surface area contributed by atoms with Crippen LogP contribution >= 0.6 is 23.4 Å². The van der Waals surface area contributed by atoms with Gasteiger partial charge in [0.05, 0.1) is 12.9 Å². The van der Waals surface area contributed by atoms with Crippen LogP contribution in [0.4, 0.5) is 5.69 Å². The molecule has 0 radical (unpaired) electrons. The van der Waals surface area contributed by atoms with Gasteiger partial charge < -0.3 is 10.1 Å². The fourth-order valence-corrected chi connectivity index (χ4v) is 3.88. The number of nitrogens with zero attached hydrogens (tertiary/aromatic N) is 4. The van der Waals surface area contributed by atoms with Gasteiger partial charge in [0.1, 0.15) is 5.75 Å². The maximum Gasteiger partial charge on any atom is 0.234 e. The number of carbonyl (C=O) groups is 1. The smallest absolute Gasteiger partial charge is 0.234 e. The highest BCUT2D eigenvalue weighted by Crippen LogP contribution is 2.21. The molecule has 31 heavy (non-hydrogen) atoms. The van der Waals surface area contributed by atoms with Gasteiger partial charge in [0.25, 0.3) is 0 Å². The lowest BCUT2D eigenvalue weighted by Gasteiger charge is -2.11. The lowest BCUT2D eigenvalue weighted by Crippen LogP contribution is -2.16. The normalized spacial score (nSPS) is 10.8. The number of hydrogen-bond acceptors (Lipinski definition) is 5. The molecule has 2 aromatic carbocycles. The van der Waals surface area contributed by atoms with Gasteiger partial charge in [-0.2, -0.15) is 0 Å². The second kappa shape index (κ2) is 9.72. The van der Waals surface area contributed by atoms with Gasteiger partial charge in [-0.1, -0.05) is 41.6 Å². The molecule has 2 aromatic heterocycles. The number of benzene rings is 2. The Labute approximate surface area is 189 Å². The predicted molar refractivity (Wildman–Crippen MR) is 122 cm³/mol. The largest absolute Gasteiger partial charge is 0.497 e. The number of carbonyl (C=O) groups excluding carboxylic acids is 1. The van der Waals surface area contributed by atoms with E-state index in [1.165, 1.54) is 11.8 Å². The number of methoxy groups -OCH3 is 1. The van der Waals surface area contributed by atoms with Gasteiger partial charge >= 0.3 is 0 Å². The van der Waals surface area contributed by atoms with Crippen molar-refractivity contribution in [3.63, 3.8) is 0 Å². The van der Waals surface area contributed by atoms with Gasteiger partial charge in [0.15, 0.2) is 5.82 Å². The van der Waals surface area contributed by atoms with Crippen LogP contribution in [0.15, 0.2) is 78.2 Å². The summed E-state index contributed by atoms with van der Waals surface area (Å²) in [5.74, 6) is 1.50. The van der Waals surface area contributed by atoms with Crippen molar-refractivity contribution >= 4 is 35.0 Å². The van der Waals surface area contributed by atoms with Gasteiger partial charge in [-0.15, -0.1) is 10.2 Å². The highest BCUT2D eigenvalue weighted by molar-refractivity contribution is 7.99. The van der Waals surface area contributed by atoms with Crippen molar-refractivity contribution in [1.29, 1.82) is 0 Å². The van der Waals surface area contributed by atoms with Crippen LogP contribution in [0.3, 0.4) is 0 Å². The first kappa shape index (κ1) is 21.0. The maximum atomic E-state index is 12.5. The number of aromatic nitrogens is 4. The minimum Gasteiger partial charge on any atom is -0.497 e. The summed E-state index contributed by atoms with van der Waals surface area (Å²) in [7, 11) is 1.59. The second-order valence-corrected chi connectivity index (χ2v) is 8.02. The van der Waals surface area contributed by atoms with Gasteiger partial charge in [-0.25, -0.2) is 4.68 Å². The Balaban J connectivity index is 1.49. The number of halogens is 1. The molecule has 0 aliphatic rings. The number of hydrogen-bond donors (Lipinski definition) is 1. The van der Waals surface area contributed by atoms with Crippen LogP contribution in [0, 0.1) is 0 Å². The first-order chi connectivity index (χ1) is 15.1. The molecular weight excluding hydrogens is 434 g/mol. The molecular formula is C22H20ClN5O2S. The lowest BCUT2D eigenvalue weighted by molar-refractivity contribution is -0.113. The fourth-order valence-electron chi connectivity index (χ4n) is 3.00. The van der Waals surface area contributed by atoms with E-state index in [2.05, 4.69) is 15.5 Å². The van der Waals surface area contributed by atoms with E-state index in [-0.39, 0.29) is 11.7 Å². The van der Waals surface area contributed by atoms with Gasteiger partial charge in [0.2, 0.25) is 11.1 Å². The summed E-state index contributed by atoms with van der Waals surface area (Å²) >= 11 is 7.31. The van der Waals surface area contributed by atoms with Crippen LogP contribution in [0.1, 0.15) is 11.4 Å². The summed E-state index contributed by atoms with van der Waals surface area (Å²) in [6, 6.07) is 18.7. The topological polar surface area (TPSA) is 74.0 Å². The van der Waals surface area contributed by atoms with Crippen molar-refractivity contribution < 1.29 is 9.53 Å². The minimum absolute atomic E-state index is 0.139. The number of nitrogens with one attached hydrogen (secondary N) is 1. The van der Waals surface area contributed by atoms with E-state index >= 15 is 0 Å². The van der Waals surface area contributed by atoms with Crippen LogP contribution in [0.25, 0.3) is 0 Å². The molecule has 0 aliphatic carbocycles. The molecule has 4 aromatic rings. The van der Waals surface area contributed by atoms with E-state index in [0.717, 1.165) is 11.4 Å². The Bertz CT molecular complexity index is 1160. The standard InChI is InChI=1S/C22H20ClN5O2S/c1-30-19-6-4-5-18(14-19)24-21(29)15-31-22-26-25-20(28(22)27-11-2-3-12-27)13-16-7-9-17(23)10-8-16/h2-12,14H,13,15H2,1H3,(H,24,29). The SMILES string of the molecule is COc1cccc(NC(=O)CSc2nnc(Cc3ccc(Cl)cc3)n2-n2cccc2)c1. The average Bonchev–Trinajstić information content (AvgIpc) is 3.44. The number of ether oxygens (including phenoxy) is 1. The van der Waals surface area contributed by atoms with Crippen LogP contribution in [-0.4, -0.2) is 38.3 Å². The highest BCUT2D eigenvalue weighted by Gasteiger charge is 2.16. The van der Waals surface area contributed by atoms with Crippen molar-refractivity contribution in [2.45, 2.75) is 11.6 Å². The van der Waals surface area contributed by atoms with Crippen LogP contribution in [0.2, 0.25) is 5.02 Å². The third-order valence-corrected chi connectivity index (χ3v) is 5.63. The molecule has 4 rings (SSSR count). The Morgan fingerprint density at radius 2 is 1.87 bits per heavy atom. The molecule has 0 saturated heterocycles. The van der Waals surface area contributed by atoms with Crippen LogP contribution < -0.4 is 10.1 Å². The van der Waals surface area contributed by atoms with E-state index in [1.807, 2.05) is 76.3 Å². The van der Waals surface area contributed by atoms with Crippen molar-refractivity contribution in [2.75, 3.05) is 18.2 Å². The zero-order chi connectivity index (χ0) is 21.6. The zero-order valence-electron chi connectivity index (χ0n) is 16.7. The summed E-state index contributed by atoms with van der Waals surface area (Å²) < 4.78 is 8.99. The molecule has 7 nitrogen and oxygen atoms in total. The molecule has 0 bridgehead atoms. The lowest BCUT2D eigenvalue weighted by atomic mass is 10.1. The first-order valence-corrected chi connectivity index (χ1v) is 10.9. The maximum absolute atomic E-state index is 12.5. The van der Waals surface area contributed by atoms with E-state index in [0.29, 0.717) is 28.0 Å². The molecule has 0 spiro atoms. The molecule has 1 N–H and O–H groups in total. The molecule has 0 aliphatic heterocycles. The van der Waals surface area contributed by atoms with E-state index in [4.69, 9.17) is 16.3 Å². The summed E-state index contributed by atoms with van der Waals surface area (Å²) in [4.78, 5) is 12.5. The van der Waals surface area contributed by atoms with E-state index in [1.54, 1.807) is 13.2 Å². The Morgan fingerprint density at radius 3 is 2.61 bits per heavy atom. The summed E-state index contributed by atoms with van der Waals surface area (Å²) in [5.41, 5.74) is 1.75. The molecule has 1 amide bonds. The Hall–Kier alpha value is -3.23. The monoisotopic (exact) mass is 453 g/mol. The summed E-state index contributed by atoms with van der Waals surface area (Å²) in [5, 5.41) is 12.9. The number of anilines is 1. The van der Waals surface area contributed by atoms with Crippen LogP contribution in [0.5, 0.6) is 5.75 Å². The van der Waals surface area contributed by atoms with Gasteiger partial charge in [-0.3, -0.25) is 9.47 Å². The minimum atomic E-state index is -0.139. The van der Waals surface area contributed by atoms with Crippen LogP contribution in [-0.2, 0) is 11.2 Å². The number of amides is 1. The molecule has 0 atom stereocenters. The summed E-state index contributed by atoms with van der Waals surface area (Å²) in [6.45, 7) is 0. The highest BCUT2D eigenvalue weighted by atomic mass is 35.5. The molecule has 0 saturated carbocycles. The quantitative estimate of drug-likeness (QED) is 0.401. The zero-order valence-corrected chi connectivity index (χ0v) is 18.3. The van der Waals surface area contributed by atoms with Crippen molar-refractivity contribution in [1.82, 2.24) is 19.5 Å². The second-order valence-electron chi connectivity index (χ2n) is 6.65. The third kappa shape index (κ3) is 5.28. The summed E-state index contributed by atoms with van der Waals surface area (Å²) in [6.07, 6.45) is 4.41. The van der Waals surface area contributed by atoms with Gasteiger partial charge in [-0.05, 0) is 42.0 Å². The Morgan fingerprint density at radius 1 is 1.10 bits per heavy atom. The van der Waals surface area contributed by atoms with Crippen molar-refractivity contribution in [2.24, 2.45) is 0 Å². The molecule has 0 unspecified atom stereocenters. The van der Waals surface area contributed by atoms with E-state index < -0.39 is 0 Å². The first-order valence-electron chi connectivity index (χ1n) is 9.51. The predicted octanol–water partition coefficient (Wildman–Crippen LogP) is 4.37. The average molecular weight is 454 g/mol. The molecule has 0 fully saturated rings. The molecule has 9 heteroatoms. The Kier molecular flexibility index (Phi) is 6.59. The number of thioether (sulfide) groups is 1. The van der Waals surface area contributed by atoms with Gasteiger partial charge in [0, 0.05) is 35.6 Å². The fraction of sp³-hybridized carbons (Fsp3) is 0.136. The van der Waals surface area contributed by atoms with Crippen molar-refractivity contribution in [3.8, 4) is 5.75 Å². The third-order valence-electron chi connectivity index (χ3n) is 4.46. The number of rotatable bonds is 8. The molecule has 2 heterocycles. The van der Waals surface area contributed by atoms with Crippen molar-refractivity contribution in [3.05, 3.63) is 89.5 Å². The molecule has 158 valence electrons.